The van der Waals surface area contributed by atoms with Gasteiger partial charge in [-0.3, -0.25) is 13.9 Å². The number of halogens is 1. The van der Waals surface area contributed by atoms with Crippen LogP contribution < -0.4 is 16.0 Å². The van der Waals surface area contributed by atoms with Gasteiger partial charge >= 0.3 is 5.69 Å². The van der Waals surface area contributed by atoms with E-state index in [0.29, 0.717) is 12.1 Å². The standard InChI is InChI=1S/C16H12BrN3O3/c1-19-11-5-8-7-23-12-4-3-9(17)6-10(12)13(8)18-14(11)15(21)20(2)16(19)22/h3-6H,7H2,1-2H3. The minimum Gasteiger partial charge on any atom is -0.488 e. The minimum absolute atomic E-state index is 0.279. The molecule has 0 saturated carbocycles. The number of fused-ring (bicyclic) bond motifs is 4. The van der Waals surface area contributed by atoms with Crippen LogP contribution in [0.25, 0.3) is 22.3 Å². The summed E-state index contributed by atoms with van der Waals surface area (Å²) in [7, 11) is 3.09. The van der Waals surface area contributed by atoms with E-state index in [4.69, 9.17) is 4.74 Å². The fraction of sp³-hybridized carbons (Fsp3) is 0.188. The van der Waals surface area contributed by atoms with Gasteiger partial charge in [0.25, 0.3) is 5.56 Å². The summed E-state index contributed by atoms with van der Waals surface area (Å²) in [6.07, 6.45) is 0. The molecule has 0 fully saturated rings. The van der Waals surface area contributed by atoms with E-state index in [1.807, 2.05) is 24.3 Å². The quantitative estimate of drug-likeness (QED) is 0.604. The van der Waals surface area contributed by atoms with Crippen LogP contribution in [0.3, 0.4) is 0 Å². The highest BCUT2D eigenvalue weighted by Gasteiger charge is 2.22. The largest absolute Gasteiger partial charge is 0.488 e. The van der Waals surface area contributed by atoms with E-state index in [0.717, 1.165) is 31.6 Å². The van der Waals surface area contributed by atoms with Gasteiger partial charge in [0.15, 0.2) is 5.52 Å². The highest BCUT2D eigenvalue weighted by molar-refractivity contribution is 9.10. The van der Waals surface area contributed by atoms with Crippen LogP contribution >= 0.6 is 15.9 Å². The zero-order chi connectivity index (χ0) is 16.3. The van der Waals surface area contributed by atoms with Crippen LogP contribution in [0.2, 0.25) is 0 Å². The first kappa shape index (κ1) is 14.2. The molecule has 4 rings (SSSR count). The van der Waals surface area contributed by atoms with Crippen molar-refractivity contribution >= 4 is 27.0 Å². The van der Waals surface area contributed by atoms with Gasteiger partial charge in [-0.05, 0) is 24.3 Å². The second-order valence-corrected chi connectivity index (χ2v) is 6.41. The van der Waals surface area contributed by atoms with Gasteiger partial charge in [-0.15, -0.1) is 0 Å². The Morgan fingerprint density at radius 1 is 1.17 bits per heavy atom. The van der Waals surface area contributed by atoms with Crippen LogP contribution in [0.5, 0.6) is 5.75 Å². The molecular weight excluding hydrogens is 362 g/mol. The molecule has 23 heavy (non-hydrogen) atoms. The molecule has 3 aromatic rings. The van der Waals surface area contributed by atoms with Gasteiger partial charge < -0.3 is 4.74 Å². The first-order valence-electron chi connectivity index (χ1n) is 7.00. The second kappa shape index (κ2) is 4.79. The van der Waals surface area contributed by atoms with Crippen molar-refractivity contribution in [3.05, 3.63) is 55.1 Å². The number of ether oxygens (including phenoxy) is 1. The number of aromatic nitrogens is 3. The Morgan fingerprint density at radius 2 is 1.96 bits per heavy atom. The average Bonchev–Trinajstić information content (AvgIpc) is 2.56. The maximum absolute atomic E-state index is 12.4. The number of aryl methyl sites for hydroxylation is 1. The lowest BCUT2D eigenvalue weighted by atomic mass is 10.0. The molecule has 0 spiro atoms. The molecule has 0 radical (unpaired) electrons. The first-order chi connectivity index (χ1) is 11.0. The third kappa shape index (κ3) is 1.96. The number of pyridine rings is 1. The number of nitrogens with zero attached hydrogens (tertiary/aromatic N) is 3. The van der Waals surface area contributed by atoms with E-state index >= 15 is 0 Å². The van der Waals surface area contributed by atoms with Gasteiger partial charge in [-0.2, -0.15) is 0 Å². The van der Waals surface area contributed by atoms with Crippen LogP contribution in [0, 0.1) is 0 Å². The van der Waals surface area contributed by atoms with Crippen LogP contribution in [0.15, 0.2) is 38.3 Å². The smallest absolute Gasteiger partial charge is 0.331 e. The molecule has 6 nitrogen and oxygen atoms in total. The Hall–Kier alpha value is -2.41. The van der Waals surface area contributed by atoms with Crippen molar-refractivity contribution in [2.24, 2.45) is 14.1 Å². The van der Waals surface area contributed by atoms with Crippen molar-refractivity contribution in [1.29, 1.82) is 0 Å². The van der Waals surface area contributed by atoms with Gasteiger partial charge in [0, 0.05) is 29.7 Å². The Balaban J connectivity index is 2.15. The Morgan fingerprint density at radius 3 is 2.74 bits per heavy atom. The summed E-state index contributed by atoms with van der Waals surface area (Å²) in [5.41, 5.74) is 2.43. The molecule has 0 saturated heterocycles. The summed E-state index contributed by atoms with van der Waals surface area (Å²) in [5, 5.41) is 0. The molecule has 116 valence electrons. The van der Waals surface area contributed by atoms with E-state index in [9.17, 15) is 9.59 Å². The average molecular weight is 374 g/mol. The predicted octanol–water partition coefficient (Wildman–Crippen LogP) is 1.95. The van der Waals surface area contributed by atoms with Gasteiger partial charge in [-0.1, -0.05) is 15.9 Å². The molecule has 0 bridgehead atoms. The topological polar surface area (TPSA) is 66.1 Å². The van der Waals surface area contributed by atoms with Gasteiger partial charge in [-0.25, -0.2) is 9.78 Å². The number of hydrogen-bond acceptors (Lipinski definition) is 4. The Kier molecular flexibility index (Phi) is 2.96. The second-order valence-electron chi connectivity index (χ2n) is 5.50. The molecule has 0 amide bonds. The van der Waals surface area contributed by atoms with Crippen molar-refractivity contribution in [3.8, 4) is 17.0 Å². The van der Waals surface area contributed by atoms with Crippen LogP contribution in [-0.4, -0.2) is 14.1 Å². The molecule has 7 heteroatoms. The predicted molar refractivity (Wildman–Crippen MR) is 89.7 cm³/mol. The normalized spacial score (nSPS) is 12.7. The summed E-state index contributed by atoms with van der Waals surface area (Å²) in [6, 6.07) is 7.49. The lowest BCUT2D eigenvalue weighted by Crippen LogP contribution is -2.37. The Labute approximate surface area is 139 Å². The van der Waals surface area contributed by atoms with Crippen molar-refractivity contribution in [3.63, 3.8) is 0 Å². The van der Waals surface area contributed by atoms with Crippen molar-refractivity contribution in [2.45, 2.75) is 6.61 Å². The van der Waals surface area contributed by atoms with Gasteiger partial charge in [0.2, 0.25) is 0 Å². The lowest BCUT2D eigenvalue weighted by Gasteiger charge is -2.21. The molecule has 3 heterocycles. The van der Waals surface area contributed by atoms with E-state index < -0.39 is 5.56 Å². The summed E-state index contributed by atoms with van der Waals surface area (Å²) in [6.45, 7) is 0.357. The zero-order valence-corrected chi connectivity index (χ0v) is 14.0. The maximum atomic E-state index is 12.4. The monoisotopic (exact) mass is 373 g/mol. The molecular formula is C16H12BrN3O3. The van der Waals surface area contributed by atoms with Crippen molar-refractivity contribution in [1.82, 2.24) is 14.1 Å². The SMILES string of the molecule is Cn1c(=O)c2nc3c(cc2n(C)c1=O)COc1ccc(Br)cc1-3. The number of benzene rings is 1. The molecule has 1 aliphatic rings. The highest BCUT2D eigenvalue weighted by atomic mass is 79.9. The molecule has 0 unspecified atom stereocenters. The van der Waals surface area contributed by atoms with Crippen LogP contribution in [-0.2, 0) is 20.7 Å². The van der Waals surface area contributed by atoms with Crippen LogP contribution in [0.1, 0.15) is 5.56 Å². The third-order valence-electron chi connectivity index (χ3n) is 4.10. The molecule has 1 aromatic carbocycles. The summed E-state index contributed by atoms with van der Waals surface area (Å²) in [4.78, 5) is 29.1. The fourth-order valence-electron chi connectivity index (χ4n) is 2.84. The first-order valence-corrected chi connectivity index (χ1v) is 7.79. The maximum Gasteiger partial charge on any atom is 0.331 e. The summed E-state index contributed by atoms with van der Waals surface area (Å²) < 4.78 is 9.16. The van der Waals surface area contributed by atoms with Crippen LogP contribution in [0.4, 0.5) is 0 Å². The van der Waals surface area contributed by atoms with E-state index in [1.54, 1.807) is 7.05 Å². The molecule has 0 atom stereocenters. The Bertz CT molecular complexity index is 1100. The highest BCUT2D eigenvalue weighted by Crippen LogP contribution is 2.38. The minimum atomic E-state index is -0.395. The third-order valence-corrected chi connectivity index (χ3v) is 4.60. The van der Waals surface area contributed by atoms with Gasteiger partial charge in [0.1, 0.15) is 12.4 Å². The van der Waals surface area contributed by atoms with E-state index in [2.05, 4.69) is 20.9 Å². The number of rotatable bonds is 0. The molecule has 0 N–H and O–H groups in total. The van der Waals surface area contributed by atoms with E-state index in [1.165, 1.54) is 11.6 Å². The lowest BCUT2D eigenvalue weighted by molar-refractivity contribution is 0.301. The number of hydrogen-bond donors (Lipinski definition) is 0. The van der Waals surface area contributed by atoms with Gasteiger partial charge in [0.05, 0.1) is 11.2 Å². The molecule has 2 aromatic heterocycles. The van der Waals surface area contributed by atoms with Crippen molar-refractivity contribution in [2.75, 3.05) is 0 Å². The summed E-state index contributed by atoms with van der Waals surface area (Å²) >= 11 is 3.44. The molecule has 0 aliphatic carbocycles. The summed E-state index contributed by atoms with van der Waals surface area (Å²) in [5.74, 6) is 0.731. The van der Waals surface area contributed by atoms with E-state index in [-0.39, 0.29) is 11.2 Å². The molecule has 1 aliphatic heterocycles. The fourth-order valence-corrected chi connectivity index (χ4v) is 3.20. The zero-order valence-electron chi connectivity index (χ0n) is 12.5. The van der Waals surface area contributed by atoms with Crippen molar-refractivity contribution < 1.29 is 4.74 Å².